The zero-order chi connectivity index (χ0) is 11.0. The molecule has 0 aromatic carbocycles. The minimum absolute atomic E-state index is 0.287. The summed E-state index contributed by atoms with van der Waals surface area (Å²) < 4.78 is 7.62. The van der Waals surface area contributed by atoms with Gasteiger partial charge in [-0.3, -0.25) is 0 Å². The number of aromatic nitrogens is 2. The van der Waals surface area contributed by atoms with Crippen molar-refractivity contribution in [3.63, 3.8) is 0 Å². The van der Waals surface area contributed by atoms with Crippen LogP contribution in [0.25, 0.3) is 0 Å². The second kappa shape index (κ2) is 3.76. The van der Waals surface area contributed by atoms with E-state index in [9.17, 15) is 0 Å². The summed E-state index contributed by atoms with van der Waals surface area (Å²) in [6, 6.07) is 0.287. The highest BCUT2D eigenvalue weighted by Gasteiger charge is 2.24. The summed E-state index contributed by atoms with van der Waals surface area (Å²) in [6.45, 7) is 6.85. The second-order valence-corrected chi connectivity index (χ2v) is 4.60. The molecule has 0 aliphatic heterocycles. The van der Waals surface area contributed by atoms with Crippen LogP contribution in [0.15, 0.2) is 0 Å². The van der Waals surface area contributed by atoms with E-state index in [1.165, 1.54) is 12.8 Å². The van der Waals surface area contributed by atoms with Crippen molar-refractivity contribution in [2.24, 2.45) is 5.92 Å². The predicted molar refractivity (Wildman–Crippen MR) is 60.0 cm³/mol. The average Bonchev–Trinajstić information content (AvgIpc) is 2.94. The first-order valence-corrected chi connectivity index (χ1v) is 5.57. The molecule has 2 rings (SSSR count). The molecule has 0 saturated heterocycles. The second-order valence-electron chi connectivity index (χ2n) is 4.60. The van der Waals surface area contributed by atoms with E-state index in [2.05, 4.69) is 18.9 Å². The molecule has 0 spiro atoms. The van der Waals surface area contributed by atoms with Gasteiger partial charge in [0.15, 0.2) is 0 Å². The molecule has 0 unspecified atom stereocenters. The molecule has 84 valence electrons. The SMILES string of the molecule is Cc1nn(C(C)C)c(OCC2CC2)c1N. The smallest absolute Gasteiger partial charge is 0.236 e. The number of hydrogen-bond donors (Lipinski definition) is 1. The van der Waals surface area contributed by atoms with E-state index >= 15 is 0 Å². The van der Waals surface area contributed by atoms with Gasteiger partial charge in [-0.1, -0.05) is 0 Å². The fourth-order valence-corrected chi connectivity index (χ4v) is 1.51. The minimum atomic E-state index is 0.287. The molecule has 0 atom stereocenters. The fraction of sp³-hybridized carbons (Fsp3) is 0.727. The first-order chi connectivity index (χ1) is 7.09. The molecule has 15 heavy (non-hydrogen) atoms. The maximum Gasteiger partial charge on any atom is 0.236 e. The number of ether oxygens (including phenoxy) is 1. The van der Waals surface area contributed by atoms with E-state index in [1.807, 2.05) is 11.6 Å². The lowest BCUT2D eigenvalue weighted by Crippen LogP contribution is -2.09. The van der Waals surface area contributed by atoms with E-state index in [0.717, 1.165) is 24.1 Å². The monoisotopic (exact) mass is 209 g/mol. The topological polar surface area (TPSA) is 53.1 Å². The van der Waals surface area contributed by atoms with Crippen LogP contribution in [-0.4, -0.2) is 16.4 Å². The van der Waals surface area contributed by atoms with Crippen LogP contribution < -0.4 is 10.5 Å². The van der Waals surface area contributed by atoms with Crippen molar-refractivity contribution in [3.05, 3.63) is 5.69 Å². The summed E-state index contributed by atoms with van der Waals surface area (Å²) in [5.74, 6) is 1.48. The van der Waals surface area contributed by atoms with Gasteiger partial charge in [0.05, 0.1) is 18.3 Å². The predicted octanol–water partition coefficient (Wildman–Crippen LogP) is 2.14. The number of anilines is 1. The van der Waals surface area contributed by atoms with Crippen molar-refractivity contribution in [3.8, 4) is 5.88 Å². The fourth-order valence-electron chi connectivity index (χ4n) is 1.51. The first-order valence-electron chi connectivity index (χ1n) is 5.57. The Bertz CT molecular complexity index is 353. The lowest BCUT2D eigenvalue weighted by molar-refractivity contribution is 0.263. The quantitative estimate of drug-likeness (QED) is 0.826. The van der Waals surface area contributed by atoms with Gasteiger partial charge in [-0.05, 0) is 39.5 Å². The largest absolute Gasteiger partial charge is 0.476 e. The van der Waals surface area contributed by atoms with E-state index in [0.29, 0.717) is 5.69 Å². The van der Waals surface area contributed by atoms with Crippen molar-refractivity contribution in [1.29, 1.82) is 0 Å². The van der Waals surface area contributed by atoms with Crippen LogP contribution in [0.5, 0.6) is 5.88 Å². The van der Waals surface area contributed by atoms with E-state index in [-0.39, 0.29) is 6.04 Å². The molecule has 1 aliphatic carbocycles. The maximum atomic E-state index is 5.94. The molecule has 4 heteroatoms. The number of nitrogen functional groups attached to an aromatic ring is 1. The highest BCUT2D eigenvalue weighted by Crippen LogP contribution is 2.33. The summed E-state index contributed by atoms with van der Waals surface area (Å²) in [5.41, 5.74) is 7.48. The molecule has 2 N–H and O–H groups in total. The van der Waals surface area contributed by atoms with Crippen LogP contribution in [-0.2, 0) is 0 Å². The number of hydrogen-bond acceptors (Lipinski definition) is 3. The highest BCUT2D eigenvalue weighted by molar-refractivity contribution is 5.52. The Labute approximate surface area is 90.4 Å². The molecule has 1 fully saturated rings. The lowest BCUT2D eigenvalue weighted by Gasteiger charge is -2.12. The Morgan fingerprint density at radius 2 is 2.20 bits per heavy atom. The van der Waals surface area contributed by atoms with Crippen LogP contribution in [0.3, 0.4) is 0 Å². The van der Waals surface area contributed by atoms with Crippen molar-refractivity contribution >= 4 is 5.69 Å². The van der Waals surface area contributed by atoms with Gasteiger partial charge >= 0.3 is 0 Å². The first kappa shape index (κ1) is 10.3. The Balaban J connectivity index is 2.17. The zero-order valence-electron chi connectivity index (χ0n) is 9.66. The van der Waals surface area contributed by atoms with Gasteiger partial charge in [-0.2, -0.15) is 5.10 Å². The van der Waals surface area contributed by atoms with Crippen LogP contribution in [0.2, 0.25) is 0 Å². The van der Waals surface area contributed by atoms with E-state index < -0.39 is 0 Å². The van der Waals surface area contributed by atoms with Crippen molar-refractivity contribution in [1.82, 2.24) is 9.78 Å². The molecule has 1 aliphatic rings. The molecule has 0 amide bonds. The van der Waals surface area contributed by atoms with Gasteiger partial charge < -0.3 is 10.5 Å². The van der Waals surface area contributed by atoms with Crippen LogP contribution >= 0.6 is 0 Å². The standard InChI is InChI=1S/C11H19N3O/c1-7(2)14-11(10(12)8(3)13-14)15-6-9-4-5-9/h7,9H,4-6,12H2,1-3H3. The van der Waals surface area contributed by atoms with Gasteiger partial charge in [0, 0.05) is 0 Å². The molecular weight excluding hydrogens is 190 g/mol. The van der Waals surface area contributed by atoms with Crippen LogP contribution in [0.1, 0.15) is 38.4 Å². The molecule has 1 saturated carbocycles. The summed E-state index contributed by atoms with van der Waals surface area (Å²) in [5, 5.41) is 4.37. The van der Waals surface area contributed by atoms with Gasteiger partial charge in [0.25, 0.3) is 0 Å². The van der Waals surface area contributed by atoms with Gasteiger partial charge in [-0.25, -0.2) is 4.68 Å². The normalized spacial score (nSPS) is 16.0. The Morgan fingerprint density at radius 3 is 2.73 bits per heavy atom. The third kappa shape index (κ3) is 2.08. The van der Waals surface area contributed by atoms with Crippen molar-refractivity contribution in [2.75, 3.05) is 12.3 Å². The number of aryl methyl sites for hydroxylation is 1. The van der Waals surface area contributed by atoms with Gasteiger partial charge in [0.1, 0.15) is 5.69 Å². The van der Waals surface area contributed by atoms with Gasteiger partial charge in [-0.15, -0.1) is 0 Å². The number of nitrogens with two attached hydrogens (primary N) is 1. The van der Waals surface area contributed by atoms with Gasteiger partial charge in [0.2, 0.25) is 5.88 Å². The molecule has 1 heterocycles. The molecule has 1 aromatic heterocycles. The van der Waals surface area contributed by atoms with Crippen molar-refractivity contribution in [2.45, 2.75) is 39.7 Å². The zero-order valence-corrected chi connectivity index (χ0v) is 9.66. The van der Waals surface area contributed by atoms with E-state index in [4.69, 9.17) is 10.5 Å². The molecule has 0 radical (unpaired) electrons. The maximum absolute atomic E-state index is 5.94. The third-order valence-electron chi connectivity index (χ3n) is 2.73. The average molecular weight is 209 g/mol. The Morgan fingerprint density at radius 1 is 1.53 bits per heavy atom. The Kier molecular flexibility index (Phi) is 2.59. The Hall–Kier alpha value is -1.19. The molecule has 4 nitrogen and oxygen atoms in total. The van der Waals surface area contributed by atoms with Crippen molar-refractivity contribution < 1.29 is 4.74 Å². The molecular formula is C11H19N3O. The minimum Gasteiger partial charge on any atom is -0.476 e. The number of rotatable bonds is 4. The summed E-state index contributed by atoms with van der Waals surface area (Å²) >= 11 is 0. The number of nitrogens with zero attached hydrogens (tertiary/aromatic N) is 2. The van der Waals surface area contributed by atoms with Crippen LogP contribution in [0, 0.1) is 12.8 Å². The third-order valence-corrected chi connectivity index (χ3v) is 2.73. The summed E-state index contributed by atoms with van der Waals surface area (Å²) in [6.07, 6.45) is 2.57. The van der Waals surface area contributed by atoms with Crippen LogP contribution in [0.4, 0.5) is 5.69 Å². The van der Waals surface area contributed by atoms with E-state index in [1.54, 1.807) is 0 Å². The summed E-state index contributed by atoms with van der Waals surface area (Å²) in [7, 11) is 0. The highest BCUT2D eigenvalue weighted by atomic mass is 16.5. The summed E-state index contributed by atoms with van der Waals surface area (Å²) in [4.78, 5) is 0. The molecule has 1 aromatic rings. The lowest BCUT2D eigenvalue weighted by atomic mass is 10.4. The molecule has 0 bridgehead atoms.